The van der Waals surface area contributed by atoms with Crippen LogP contribution in [0.1, 0.15) is 34.4 Å². The summed E-state index contributed by atoms with van der Waals surface area (Å²) in [7, 11) is 3.82. The summed E-state index contributed by atoms with van der Waals surface area (Å²) in [5.41, 5.74) is 3.89. The molecule has 130 valence electrons. The van der Waals surface area contributed by atoms with Crippen LogP contribution in [0.5, 0.6) is 0 Å². The Kier molecular flexibility index (Phi) is 4.70. The summed E-state index contributed by atoms with van der Waals surface area (Å²) in [6.45, 7) is 3.92. The number of carbonyl (C=O) groups is 1. The zero-order valence-electron chi connectivity index (χ0n) is 15.0. The molecule has 0 spiro atoms. The SMILES string of the molecule is Cc1nn(C)c(C)c1CC(=O)N[C@H](c1ccccc1)c1nccn1C. The molecule has 0 bridgehead atoms. The Balaban J connectivity index is 1.86. The number of amides is 1. The number of aromatic nitrogens is 4. The molecule has 1 atom stereocenters. The van der Waals surface area contributed by atoms with E-state index in [0.29, 0.717) is 6.42 Å². The first-order valence-electron chi connectivity index (χ1n) is 8.28. The molecule has 0 aliphatic rings. The summed E-state index contributed by atoms with van der Waals surface area (Å²) < 4.78 is 3.74. The van der Waals surface area contributed by atoms with Crippen LogP contribution in [0.25, 0.3) is 0 Å². The maximum atomic E-state index is 12.7. The lowest BCUT2D eigenvalue weighted by Gasteiger charge is -2.19. The second-order valence-corrected chi connectivity index (χ2v) is 6.26. The number of benzene rings is 1. The summed E-state index contributed by atoms with van der Waals surface area (Å²) in [4.78, 5) is 17.2. The molecule has 6 nitrogen and oxygen atoms in total. The van der Waals surface area contributed by atoms with Crippen LogP contribution in [0.3, 0.4) is 0 Å². The molecule has 0 radical (unpaired) electrons. The summed E-state index contributed by atoms with van der Waals surface area (Å²) in [6.07, 6.45) is 3.93. The van der Waals surface area contributed by atoms with E-state index >= 15 is 0 Å². The summed E-state index contributed by atoms with van der Waals surface area (Å²) in [5, 5.41) is 7.51. The molecule has 1 aromatic carbocycles. The van der Waals surface area contributed by atoms with E-state index in [4.69, 9.17) is 0 Å². The van der Waals surface area contributed by atoms with Gasteiger partial charge in [-0.1, -0.05) is 30.3 Å². The topological polar surface area (TPSA) is 64.7 Å². The lowest BCUT2D eigenvalue weighted by molar-refractivity contribution is -0.121. The van der Waals surface area contributed by atoms with E-state index in [2.05, 4.69) is 15.4 Å². The normalized spacial score (nSPS) is 12.2. The van der Waals surface area contributed by atoms with Crippen molar-refractivity contribution in [3.8, 4) is 0 Å². The molecule has 3 aromatic rings. The third-order valence-electron chi connectivity index (χ3n) is 4.55. The molecule has 0 aliphatic heterocycles. The van der Waals surface area contributed by atoms with Gasteiger partial charge >= 0.3 is 0 Å². The molecule has 0 aliphatic carbocycles. The number of nitrogens with zero attached hydrogens (tertiary/aromatic N) is 4. The fourth-order valence-corrected chi connectivity index (χ4v) is 3.04. The highest BCUT2D eigenvalue weighted by molar-refractivity contribution is 5.80. The lowest BCUT2D eigenvalue weighted by Crippen LogP contribution is -2.32. The fraction of sp³-hybridized carbons (Fsp3) is 0.316. The highest BCUT2D eigenvalue weighted by atomic mass is 16.1. The van der Waals surface area contributed by atoms with Gasteiger partial charge in [-0.2, -0.15) is 5.10 Å². The van der Waals surface area contributed by atoms with Crippen molar-refractivity contribution in [1.82, 2.24) is 24.6 Å². The van der Waals surface area contributed by atoms with Gasteiger partial charge in [0.2, 0.25) is 5.91 Å². The third-order valence-corrected chi connectivity index (χ3v) is 4.55. The number of hydrogen-bond donors (Lipinski definition) is 1. The predicted octanol–water partition coefficient (Wildman–Crippen LogP) is 2.22. The van der Waals surface area contributed by atoms with Crippen molar-refractivity contribution in [2.24, 2.45) is 14.1 Å². The molecule has 2 aromatic heterocycles. The second kappa shape index (κ2) is 6.93. The zero-order chi connectivity index (χ0) is 18.0. The van der Waals surface area contributed by atoms with Crippen molar-refractivity contribution < 1.29 is 4.79 Å². The Bertz CT molecular complexity index is 879. The van der Waals surface area contributed by atoms with E-state index in [1.54, 1.807) is 6.20 Å². The van der Waals surface area contributed by atoms with E-state index < -0.39 is 0 Å². The molecular weight excluding hydrogens is 314 g/mol. The average Bonchev–Trinajstić information content (AvgIpc) is 3.12. The molecule has 3 rings (SSSR count). The van der Waals surface area contributed by atoms with Gasteiger partial charge in [0.05, 0.1) is 12.1 Å². The van der Waals surface area contributed by atoms with Gasteiger partial charge in [0.1, 0.15) is 11.9 Å². The molecular formula is C19H23N5O. The van der Waals surface area contributed by atoms with Crippen molar-refractivity contribution in [1.29, 1.82) is 0 Å². The van der Waals surface area contributed by atoms with Crippen molar-refractivity contribution in [2.45, 2.75) is 26.3 Å². The van der Waals surface area contributed by atoms with Crippen LogP contribution in [0, 0.1) is 13.8 Å². The van der Waals surface area contributed by atoms with Crippen LogP contribution in [0.15, 0.2) is 42.7 Å². The van der Waals surface area contributed by atoms with Gasteiger partial charge in [-0.3, -0.25) is 9.48 Å². The number of imidazole rings is 1. The molecule has 6 heteroatoms. The Labute approximate surface area is 147 Å². The summed E-state index contributed by atoms with van der Waals surface area (Å²) >= 11 is 0. The zero-order valence-corrected chi connectivity index (χ0v) is 15.0. The minimum Gasteiger partial charge on any atom is -0.342 e. The smallest absolute Gasteiger partial charge is 0.225 e. The van der Waals surface area contributed by atoms with Gasteiger partial charge in [0.25, 0.3) is 0 Å². The van der Waals surface area contributed by atoms with Gasteiger partial charge in [-0.05, 0) is 19.4 Å². The molecule has 2 heterocycles. The van der Waals surface area contributed by atoms with Crippen LogP contribution in [-0.2, 0) is 25.3 Å². The second-order valence-electron chi connectivity index (χ2n) is 6.26. The average molecular weight is 337 g/mol. The van der Waals surface area contributed by atoms with Gasteiger partial charge in [-0.15, -0.1) is 0 Å². The van der Waals surface area contributed by atoms with Gasteiger partial charge in [0.15, 0.2) is 0 Å². The number of aryl methyl sites for hydroxylation is 3. The first kappa shape index (κ1) is 17.0. The van der Waals surface area contributed by atoms with E-state index in [1.165, 1.54) is 0 Å². The monoisotopic (exact) mass is 337 g/mol. The van der Waals surface area contributed by atoms with Crippen LogP contribution >= 0.6 is 0 Å². The fourth-order valence-electron chi connectivity index (χ4n) is 3.04. The molecule has 1 N–H and O–H groups in total. The molecule has 0 saturated heterocycles. The molecule has 0 fully saturated rings. The number of rotatable bonds is 5. The van der Waals surface area contributed by atoms with Crippen LogP contribution in [-0.4, -0.2) is 25.2 Å². The van der Waals surface area contributed by atoms with E-state index in [-0.39, 0.29) is 11.9 Å². The summed E-state index contributed by atoms with van der Waals surface area (Å²) in [6, 6.07) is 9.61. The van der Waals surface area contributed by atoms with Crippen LogP contribution < -0.4 is 5.32 Å². The van der Waals surface area contributed by atoms with E-state index in [0.717, 1.165) is 28.3 Å². The maximum absolute atomic E-state index is 12.7. The van der Waals surface area contributed by atoms with Crippen molar-refractivity contribution in [2.75, 3.05) is 0 Å². The Hall–Kier alpha value is -2.89. The molecule has 0 saturated carbocycles. The highest BCUT2D eigenvalue weighted by Gasteiger charge is 2.22. The van der Waals surface area contributed by atoms with Crippen LogP contribution in [0.2, 0.25) is 0 Å². The largest absolute Gasteiger partial charge is 0.342 e. The molecule has 25 heavy (non-hydrogen) atoms. The van der Waals surface area contributed by atoms with Gasteiger partial charge < -0.3 is 9.88 Å². The summed E-state index contributed by atoms with van der Waals surface area (Å²) in [5.74, 6) is 0.759. The first-order chi connectivity index (χ1) is 12.0. The lowest BCUT2D eigenvalue weighted by atomic mass is 10.0. The van der Waals surface area contributed by atoms with Crippen molar-refractivity contribution in [3.05, 3.63) is 71.1 Å². The van der Waals surface area contributed by atoms with Crippen molar-refractivity contribution in [3.63, 3.8) is 0 Å². The van der Waals surface area contributed by atoms with Crippen LogP contribution in [0.4, 0.5) is 0 Å². The predicted molar refractivity (Wildman–Crippen MR) is 96.0 cm³/mol. The Morgan fingerprint density at radius 1 is 1.20 bits per heavy atom. The van der Waals surface area contributed by atoms with E-state index in [9.17, 15) is 4.79 Å². The first-order valence-corrected chi connectivity index (χ1v) is 8.28. The number of hydrogen-bond acceptors (Lipinski definition) is 3. The number of nitrogens with one attached hydrogen (secondary N) is 1. The van der Waals surface area contributed by atoms with Crippen molar-refractivity contribution >= 4 is 5.91 Å². The quantitative estimate of drug-likeness (QED) is 0.776. The standard InChI is InChI=1S/C19H23N5O/c1-13-16(14(2)24(4)22-13)12-17(25)21-18(15-8-6-5-7-9-15)19-20-10-11-23(19)3/h5-11,18H,12H2,1-4H3,(H,21,25)/t18-/m1/s1. The maximum Gasteiger partial charge on any atom is 0.225 e. The molecule has 0 unspecified atom stereocenters. The van der Waals surface area contributed by atoms with E-state index in [1.807, 2.05) is 73.7 Å². The minimum absolute atomic E-state index is 0.0453. The van der Waals surface area contributed by atoms with Gasteiger partial charge in [-0.25, -0.2) is 4.98 Å². The minimum atomic E-state index is -0.286. The highest BCUT2D eigenvalue weighted by Crippen LogP contribution is 2.21. The number of carbonyl (C=O) groups excluding carboxylic acids is 1. The third kappa shape index (κ3) is 3.47. The molecule has 1 amide bonds. The Morgan fingerprint density at radius 3 is 2.48 bits per heavy atom. The van der Waals surface area contributed by atoms with Gasteiger partial charge in [0, 0.05) is 37.7 Å². The Morgan fingerprint density at radius 2 is 1.92 bits per heavy atom.